The number of phosphoric ester groups is 1. The van der Waals surface area contributed by atoms with Gasteiger partial charge in [-0.3, -0.25) is 18.6 Å². The monoisotopic (exact) mass is 916 g/mol. The Hall–Kier alpha value is -0.990. The minimum Gasteiger partial charge on any atom is -0.462 e. The highest BCUT2D eigenvalue weighted by Crippen LogP contribution is 2.43. The molecule has 0 aliphatic carbocycles. The second-order valence-corrected chi connectivity index (χ2v) is 20.3. The van der Waals surface area contributed by atoms with Crippen LogP contribution in [0.2, 0.25) is 0 Å². The summed E-state index contributed by atoms with van der Waals surface area (Å²) >= 11 is 0. The smallest absolute Gasteiger partial charge is 0.462 e. The lowest BCUT2D eigenvalue weighted by Crippen LogP contribution is -2.29. The average molecular weight is 916 g/mol. The van der Waals surface area contributed by atoms with E-state index >= 15 is 0 Å². The molecule has 0 aliphatic heterocycles. The molecule has 0 rings (SSSR count). The molecule has 0 bridgehead atoms. The molecular weight excluding hydrogens is 810 g/mol. The molecule has 376 valence electrons. The van der Waals surface area contributed by atoms with E-state index in [1.54, 1.807) is 0 Å². The summed E-state index contributed by atoms with van der Waals surface area (Å²) in [6.45, 7) is 3.82. The molecule has 0 aromatic heterocycles. The second kappa shape index (κ2) is 50.4. The normalized spacial score (nSPS) is 13.0. The molecule has 0 heterocycles. The Balaban J connectivity index is 3.94. The van der Waals surface area contributed by atoms with Crippen LogP contribution in [0.4, 0.5) is 0 Å². The lowest BCUT2D eigenvalue weighted by molar-refractivity contribution is -0.161. The van der Waals surface area contributed by atoms with Gasteiger partial charge >= 0.3 is 19.8 Å². The number of carbonyl (C=O) groups is 2. The van der Waals surface area contributed by atoms with Gasteiger partial charge in [0.25, 0.3) is 0 Å². The number of esters is 2. The number of nitrogens with two attached hydrogens (primary N) is 1. The number of ether oxygens (including phenoxy) is 2. The Kier molecular flexibility index (Phi) is 49.6. The Morgan fingerprint density at radius 3 is 0.968 bits per heavy atom. The first-order valence-corrected chi connectivity index (χ1v) is 29.0. The molecule has 1 unspecified atom stereocenters. The van der Waals surface area contributed by atoms with Crippen molar-refractivity contribution in [3.05, 3.63) is 0 Å². The Bertz CT molecular complexity index is 1000. The van der Waals surface area contributed by atoms with E-state index in [1.807, 2.05) is 0 Å². The van der Waals surface area contributed by atoms with Crippen molar-refractivity contribution in [2.75, 3.05) is 26.4 Å². The molecule has 0 amide bonds. The van der Waals surface area contributed by atoms with Crippen LogP contribution < -0.4 is 5.73 Å². The number of unbranched alkanes of at least 4 members (excludes halogenated alkanes) is 40. The fraction of sp³-hybridized carbons (Fsp3) is 0.962. The van der Waals surface area contributed by atoms with Crippen LogP contribution in [-0.2, 0) is 32.7 Å². The first kappa shape index (κ1) is 62.0. The highest BCUT2D eigenvalue weighted by molar-refractivity contribution is 7.47. The third kappa shape index (κ3) is 50.3. The van der Waals surface area contributed by atoms with Crippen LogP contribution in [0.3, 0.4) is 0 Å². The number of hydrogen-bond donors (Lipinski definition) is 2. The highest BCUT2D eigenvalue weighted by atomic mass is 31.2. The topological polar surface area (TPSA) is 134 Å². The summed E-state index contributed by atoms with van der Waals surface area (Å²) in [6.07, 6.45) is 54.3. The third-order valence-electron chi connectivity index (χ3n) is 12.5. The highest BCUT2D eigenvalue weighted by Gasteiger charge is 2.26. The predicted molar refractivity (Wildman–Crippen MR) is 266 cm³/mol. The molecule has 0 saturated heterocycles. The molecule has 0 saturated carbocycles. The van der Waals surface area contributed by atoms with Gasteiger partial charge in [-0.25, -0.2) is 4.57 Å². The van der Waals surface area contributed by atoms with E-state index in [2.05, 4.69) is 13.8 Å². The second-order valence-electron chi connectivity index (χ2n) is 18.8. The largest absolute Gasteiger partial charge is 0.472 e. The molecule has 10 heteroatoms. The number of phosphoric acid groups is 1. The molecule has 0 aromatic rings. The van der Waals surface area contributed by atoms with Crippen molar-refractivity contribution in [1.82, 2.24) is 0 Å². The van der Waals surface area contributed by atoms with Crippen LogP contribution in [0.5, 0.6) is 0 Å². The van der Waals surface area contributed by atoms with Crippen molar-refractivity contribution in [3.8, 4) is 0 Å². The minimum absolute atomic E-state index is 0.0585. The van der Waals surface area contributed by atoms with Crippen LogP contribution in [0.25, 0.3) is 0 Å². The summed E-state index contributed by atoms with van der Waals surface area (Å²) in [5, 5.41) is 0. The van der Waals surface area contributed by atoms with Crippen LogP contribution >= 0.6 is 7.82 Å². The van der Waals surface area contributed by atoms with E-state index in [1.165, 1.54) is 231 Å². The Morgan fingerprint density at radius 2 is 0.683 bits per heavy atom. The van der Waals surface area contributed by atoms with Crippen LogP contribution in [0.1, 0.15) is 296 Å². The van der Waals surface area contributed by atoms with Gasteiger partial charge in [0.2, 0.25) is 0 Å². The molecule has 0 spiro atoms. The van der Waals surface area contributed by atoms with Gasteiger partial charge in [0.1, 0.15) is 6.61 Å². The number of hydrogen-bond acceptors (Lipinski definition) is 8. The van der Waals surface area contributed by atoms with E-state index in [0.717, 1.165) is 32.1 Å². The van der Waals surface area contributed by atoms with Crippen molar-refractivity contribution < 1.29 is 37.6 Å². The van der Waals surface area contributed by atoms with E-state index in [0.29, 0.717) is 6.42 Å². The number of carbonyl (C=O) groups excluding carboxylic acids is 2. The molecule has 0 aliphatic rings. The zero-order valence-electron chi connectivity index (χ0n) is 41.8. The molecule has 9 nitrogen and oxygen atoms in total. The van der Waals surface area contributed by atoms with Crippen molar-refractivity contribution >= 4 is 19.8 Å². The van der Waals surface area contributed by atoms with E-state index in [9.17, 15) is 19.0 Å². The summed E-state index contributed by atoms with van der Waals surface area (Å²) in [7, 11) is -4.38. The minimum atomic E-state index is -4.38. The molecular formula is C53H106NO8P. The third-order valence-corrected chi connectivity index (χ3v) is 13.5. The van der Waals surface area contributed by atoms with Crippen LogP contribution in [0, 0.1) is 0 Å². The van der Waals surface area contributed by atoms with E-state index in [4.69, 9.17) is 24.3 Å². The molecule has 3 N–H and O–H groups in total. The summed E-state index contributed by atoms with van der Waals surface area (Å²) < 4.78 is 33.0. The SMILES string of the molecule is CCCCCCCCCCCCCCCCCCCCCCCCC(=O)O[C@H](COC(=O)CCCCCCCCCCCCCCCCCCCCCC)COP(=O)(O)OCCN. The fourth-order valence-corrected chi connectivity index (χ4v) is 9.17. The van der Waals surface area contributed by atoms with Gasteiger partial charge in [0, 0.05) is 19.4 Å². The van der Waals surface area contributed by atoms with E-state index < -0.39 is 26.5 Å². The Morgan fingerprint density at radius 1 is 0.413 bits per heavy atom. The van der Waals surface area contributed by atoms with Gasteiger partial charge in [0.05, 0.1) is 13.2 Å². The van der Waals surface area contributed by atoms with Gasteiger partial charge < -0.3 is 20.1 Å². The maximum absolute atomic E-state index is 12.7. The Labute approximate surface area is 390 Å². The zero-order valence-corrected chi connectivity index (χ0v) is 42.7. The van der Waals surface area contributed by atoms with Gasteiger partial charge in [-0.15, -0.1) is 0 Å². The molecule has 0 radical (unpaired) electrons. The van der Waals surface area contributed by atoms with Crippen molar-refractivity contribution in [2.24, 2.45) is 5.73 Å². The lowest BCUT2D eigenvalue weighted by atomic mass is 10.0. The molecule has 0 aromatic carbocycles. The van der Waals surface area contributed by atoms with Gasteiger partial charge in [-0.2, -0.15) is 0 Å². The number of rotatable bonds is 53. The van der Waals surface area contributed by atoms with E-state index in [-0.39, 0.29) is 38.6 Å². The fourth-order valence-electron chi connectivity index (χ4n) is 8.40. The van der Waals surface area contributed by atoms with Gasteiger partial charge in [-0.05, 0) is 12.8 Å². The van der Waals surface area contributed by atoms with Crippen molar-refractivity contribution in [2.45, 2.75) is 302 Å². The first-order chi connectivity index (χ1) is 30.8. The average Bonchev–Trinajstić information content (AvgIpc) is 3.27. The summed E-state index contributed by atoms with van der Waals surface area (Å²) in [5.41, 5.74) is 5.38. The van der Waals surface area contributed by atoms with Crippen molar-refractivity contribution in [3.63, 3.8) is 0 Å². The van der Waals surface area contributed by atoms with Gasteiger partial charge in [-0.1, -0.05) is 271 Å². The summed E-state index contributed by atoms with van der Waals surface area (Å²) in [4.78, 5) is 35.1. The lowest BCUT2D eigenvalue weighted by Gasteiger charge is -2.19. The summed E-state index contributed by atoms with van der Waals surface area (Å²) in [5.74, 6) is -0.804. The van der Waals surface area contributed by atoms with Gasteiger partial charge in [0.15, 0.2) is 6.10 Å². The quantitative estimate of drug-likeness (QED) is 0.0347. The summed E-state index contributed by atoms with van der Waals surface area (Å²) in [6, 6.07) is 0. The van der Waals surface area contributed by atoms with Crippen LogP contribution in [0.15, 0.2) is 0 Å². The maximum Gasteiger partial charge on any atom is 0.472 e. The predicted octanol–water partition coefficient (Wildman–Crippen LogP) is 16.7. The molecule has 2 atom stereocenters. The van der Waals surface area contributed by atoms with Crippen LogP contribution in [-0.4, -0.2) is 49.3 Å². The maximum atomic E-state index is 12.7. The molecule has 63 heavy (non-hydrogen) atoms. The van der Waals surface area contributed by atoms with Crippen molar-refractivity contribution in [1.29, 1.82) is 0 Å². The standard InChI is InChI=1S/C53H106NO8P/c1-3-5-7-9-11-13-15-17-19-21-23-25-26-28-30-32-34-36-38-40-42-44-46-53(56)62-51(50-61-63(57,58)60-48-47-54)49-59-52(55)45-43-41-39-37-35-33-31-29-27-24-22-20-18-16-14-12-10-8-6-4-2/h51H,3-50,54H2,1-2H3,(H,57,58)/t51-/m1/s1. The molecule has 0 fully saturated rings. The first-order valence-electron chi connectivity index (χ1n) is 27.5. The zero-order chi connectivity index (χ0) is 46.0.